The van der Waals surface area contributed by atoms with Crippen molar-refractivity contribution >= 4 is 73.4 Å². The number of carbonyl (C=O) groups excluding carboxylic acids is 4. The van der Waals surface area contributed by atoms with Crippen LogP contribution in [0.3, 0.4) is 0 Å². The Labute approximate surface area is 536 Å². The van der Waals surface area contributed by atoms with Crippen molar-refractivity contribution in [1.82, 2.24) is 35.2 Å². The van der Waals surface area contributed by atoms with Crippen LogP contribution in [0.25, 0.3) is 20.7 Å². The zero-order valence-electron chi connectivity index (χ0n) is 51.4. The lowest BCUT2D eigenvalue weighted by Gasteiger charge is -2.31. The van der Waals surface area contributed by atoms with E-state index in [-0.39, 0.29) is 79.5 Å². The number of likely N-dealkylation sites (tertiary alicyclic amines) is 1. The first-order chi connectivity index (χ1) is 44.1. The lowest BCUT2D eigenvalue weighted by molar-refractivity contribution is -0.141. The SMILES string of the molecule is Cc1ncsc1-c1ccc(CNC(=O)[C@@H]2C[C@@H](O)CN2C(=O)[C@H](c2cc(OCCCCCCCCC(=O)N(C)CC#Cc3ccc(OCCCc4ccc(N5CCc6cccc(C(=O)Nc7nc8ccccc8s7)c6C5)nc4C(=O)O)c(F)c3)no2)C(C)C)cc1. The third-order valence-electron chi connectivity index (χ3n) is 16.4. The summed E-state index contributed by atoms with van der Waals surface area (Å²) in [5.74, 6) is 3.39. The summed E-state index contributed by atoms with van der Waals surface area (Å²) in [4.78, 5) is 86.1. The summed E-state index contributed by atoms with van der Waals surface area (Å²) >= 11 is 2.98. The van der Waals surface area contributed by atoms with Crippen LogP contribution >= 0.6 is 22.7 Å². The minimum absolute atomic E-state index is 0.0281. The number of ether oxygens (including phenoxy) is 2. The van der Waals surface area contributed by atoms with E-state index in [1.54, 1.807) is 53.6 Å². The molecular formula is C69H74FN9O10S2. The van der Waals surface area contributed by atoms with Gasteiger partial charge >= 0.3 is 5.97 Å². The van der Waals surface area contributed by atoms with Gasteiger partial charge in [0.2, 0.25) is 17.7 Å². The second-order valence-electron chi connectivity index (χ2n) is 23.3. The molecule has 4 aromatic carbocycles. The molecule has 10 rings (SSSR count). The summed E-state index contributed by atoms with van der Waals surface area (Å²) < 4.78 is 33.5. The number of carbonyl (C=O) groups is 5. The maximum absolute atomic E-state index is 15.2. The number of nitrogens with one attached hydrogen (secondary N) is 2. The first-order valence-corrected chi connectivity index (χ1v) is 32.5. The fraction of sp³-hybridized carbons (Fsp3) is 0.377. The second-order valence-corrected chi connectivity index (χ2v) is 25.2. The molecule has 474 valence electrons. The average molecular weight is 1270 g/mol. The number of carboxylic acid groups (broad SMARTS) is 1. The van der Waals surface area contributed by atoms with Gasteiger partial charge in [-0.1, -0.05) is 117 Å². The molecule has 3 atom stereocenters. The number of aromatic carboxylic acids is 1. The van der Waals surface area contributed by atoms with Gasteiger partial charge in [-0.05, 0) is 120 Å². The monoisotopic (exact) mass is 1270 g/mol. The number of aliphatic hydroxyl groups is 1. The quantitative estimate of drug-likeness (QED) is 0.0276. The van der Waals surface area contributed by atoms with Crippen molar-refractivity contribution in [2.24, 2.45) is 5.92 Å². The summed E-state index contributed by atoms with van der Waals surface area (Å²) in [6, 6.07) is 30.0. The number of unbranched alkanes of at least 4 members (excludes halogenated alkanes) is 5. The number of aliphatic hydroxyl groups excluding tert-OH is 1. The number of aryl methyl sites for hydroxylation is 2. The van der Waals surface area contributed by atoms with Crippen molar-refractivity contribution in [3.63, 3.8) is 0 Å². The van der Waals surface area contributed by atoms with Crippen molar-refractivity contribution in [1.29, 1.82) is 0 Å². The van der Waals surface area contributed by atoms with Crippen LogP contribution in [0.5, 0.6) is 11.6 Å². The van der Waals surface area contributed by atoms with Crippen LogP contribution in [0.2, 0.25) is 0 Å². The molecule has 0 saturated carbocycles. The van der Waals surface area contributed by atoms with Crippen LogP contribution in [-0.4, -0.2) is 122 Å². The molecule has 1 saturated heterocycles. The van der Waals surface area contributed by atoms with Crippen LogP contribution in [0.15, 0.2) is 113 Å². The molecular weight excluding hydrogens is 1200 g/mol. The maximum atomic E-state index is 15.2. The van der Waals surface area contributed by atoms with E-state index < -0.39 is 29.9 Å². The molecule has 0 spiro atoms. The molecule has 22 heteroatoms. The lowest BCUT2D eigenvalue weighted by Crippen LogP contribution is -2.48. The van der Waals surface area contributed by atoms with Gasteiger partial charge in [0, 0.05) is 63.3 Å². The predicted molar refractivity (Wildman–Crippen MR) is 347 cm³/mol. The second kappa shape index (κ2) is 30.6. The Hall–Kier alpha value is -9.04. The summed E-state index contributed by atoms with van der Waals surface area (Å²) in [6.07, 6.45) is 6.27. The Morgan fingerprint density at radius 3 is 2.46 bits per heavy atom. The number of fused-ring (bicyclic) bond motifs is 2. The van der Waals surface area contributed by atoms with Gasteiger partial charge in [-0.2, -0.15) is 0 Å². The number of benzene rings is 4. The van der Waals surface area contributed by atoms with Gasteiger partial charge in [0.15, 0.2) is 28.2 Å². The molecule has 19 nitrogen and oxygen atoms in total. The van der Waals surface area contributed by atoms with E-state index in [1.165, 1.54) is 28.4 Å². The maximum Gasteiger partial charge on any atom is 0.354 e. The molecule has 0 unspecified atom stereocenters. The fourth-order valence-corrected chi connectivity index (χ4v) is 13.1. The Morgan fingerprint density at radius 1 is 0.901 bits per heavy atom. The summed E-state index contributed by atoms with van der Waals surface area (Å²) in [7, 11) is 1.69. The van der Waals surface area contributed by atoms with E-state index in [4.69, 9.17) is 14.0 Å². The number of carboxylic acids is 1. The van der Waals surface area contributed by atoms with Crippen molar-refractivity contribution in [2.75, 3.05) is 50.1 Å². The summed E-state index contributed by atoms with van der Waals surface area (Å²) in [6.45, 7) is 7.75. The number of nitrogens with zero attached hydrogens (tertiary/aromatic N) is 7. The molecule has 1 fully saturated rings. The number of amides is 4. The fourth-order valence-electron chi connectivity index (χ4n) is 11.4. The van der Waals surface area contributed by atoms with Gasteiger partial charge in [0.25, 0.3) is 11.8 Å². The first kappa shape index (κ1) is 64.9. The zero-order valence-corrected chi connectivity index (χ0v) is 53.0. The van der Waals surface area contributed by atoms with E-state index in [9.17, 15) is 34.2 Å². The number of rotatable bonds is 27. The van der Waals surface area contributed by atoms with Crippen molar-refractivity contribution in [2.45, 2.75) is 123 Å². The third kappa shape index (κ3) is 16.7. The van der Waals surface area contributed by atoms with E-state index in [0.29, 0.717) is 78.8 Å². The van der Waals surface area contributed by atoms with Gasteiger partial charge in [-0.15, -0.1) is 11.3 Å². The van der Waals surface area contributed by atoms with E-state index in [0.717, 1.165) is 81.6 Å². The van der Waals surface area contributed by atoms with Crippen LogP contribution in [-0.2, 0) is 40.3 Å². The molecule has 2 aliphatic heterocycles. The smallest absolute Gasteiger partial charge is 0.354 e. The predicted octanol–water partition coefficient (Wildman–Crippen LogP) is 11.4. The first-order valence-electron chi connectivity index (χ1n) is 30.8. The number of β-amino-alcohol motifs (C(OH)–C–C–N with tert-alkyl or cyclic N) is 1. The number of hydrogen-bond acceptors (Lipinski definition) is 16. The Bertz CT molecular complexity index is 3920. The summed E-state index contributed by atoms with van der Waals surface area (Å²) in [5, 5.41) is 31.3. The molecule has 0 aliphatic carbocycles. The van der Waals surface area contributed by atoms with Gasteiger partial charge in [-0.25, -0.2) is 24.1 Å². The lowest BCUT2D eigenvalue weighted by atomic mass is 9.91. The molecule has 0 bridgehead atoms. The van der Waals surface area contributed by atoms with Crippen LogP contribution < -0.4 is 25.0 Å². The minimum Gasteiger partial charge on any atom is -0.491 e. The number of para-hydroxylation sites is 1. The van der Waals surface area contributed by atoms with E-state index in [1.807, 2.05) is 91.8 Å². The largest absolute Gasteiger partial charge is 0.491 e. The van der Waals surface area contributed by atoms with Gasteiger partial charge in [0.05, 0.1) is 52.2 Å². The van der Waals surface area contributed by atoms with Crippen molar-refractivity contribution < 1.29 is 52.6 Å². The molecule has 91 heavy (non-hydrogen) atoms. The molecule has 0 radical (unpaired) electrons. The molecule has 2 aliphatic rings. The standard InChI is InChI=1S/C69H74FN9O10S2/c1-43(2)62(67(84)79-40-50(80)37-55(79)66(83)71-39-46-23-26-49(27-24-46)64-44(3)72-42-90-64)57-38-60(76-89-57)88-34-12-8-6-5-7-9-22-61(81)77(4)32-14-16-45-25-29-56(53(70)36-45)87-35-15-18-48-28-30-59(74-63(48)68(85)86)78-33-31-47-17-13-19-51(52(47)41-78)65(82)75-69-73-54-20-10-11-21-58(54)91-69/h10-11,13,17,19-21,23-30,36,38,42-43,50,55,62,80H,5-9,12,15,18,22,31-35,37,39-41H2,1-4H3,(H,71,83)(H,85,86)(H,73,75,82)/t50-,55+,62+/m1/s1. The molecule has 8 aromatic rings. The van der Waals surface area contributed by atoms with E-state index >= 15 is 4.39 Å². The number of aromatic nitrogens is 4. The number of pyridine rings is 1. The van der Waals surface area contributed by atoms with Gasteiger partial charge in [-0.3, -0.25) is 24.5 Å². The van der Waals surface area contributed by atoms with Gasteiger partial charge < -0.3 is 44.2 Å². The minimum atomic E-state index is -1.16. The Balaban J connectivity index is 0.591. The highest BCUT2D eigenvalue weighted by atomic mass is 32.1. The zero-order chi connectivity index (χ0) is 64.0. The number of anilines is 2. The topological polar surface area (TPSA) is 243 Å². The highest BCUT2D eigenvalue weighted by molar-refractivity contribution is 7.22. The normalized spacial score (nSPS) is 14.8. The number of halogens is 1. The average Bonchev–Trinajstić information content (AvgIpc) is 1.71. The van der Waals surface area contributed by atoms with Crippen LogP contribution in [0, 0.1) is 30.5 Å². The number of hydrogen-bond donors (Lipinski definition) is 4. The Morgan fingerprint density at radius 2 is 1.69 bits per heavy atom. The highest BCUT2D eigenvalue weighted by Crippen LogP contribution is 2.34. The van der Waals surface area contributed by atoms with Gasteiger partial charge in [0.1, 0.15) is 17.8 Å². The molecule has 6 heterocycles. The molecule has 4 amide bonds. The highest BCUT2D eigenvalue weighted by Gasteiger charge is 2.43. The number of thiazole rings is 2. The summed E-state index contributed by atoms with van der Waals surface area (Å²) in [5.41, 5.74) is 8.85. The molecule has 4 aromatic heterocycles. The van der Waals surface area contributed by atoms with Crippen molar-refractivity contribution in [3.05, 3.63) is 165 Å². The van der Waals surface area contributed by atoms with Crippen molar-refractivity contribution in [3.8, 4) is 33.9 Å². The van der Waals surface area contributed by atoms with Crippen LogP contribution in [0.1, 0.15) is 138 Å². The molecule has 4 N–H and O–H groups in total. The third-order valence-corrected chi connectivity index (χ3v) is 18.3. The van der Waals surface area contributed by atoms with E-state index in [2.05, 4.69) is 42.6 Å². The van der Waals surface area contributed by atoms with Crippen LogP contribution in [0.4, 0.5) is 15.3 Å². The Kier molecular flexibility index (Phi) is 21.9.